The molecule has 3 heterocycles. The molecule has 2 saturated heterocycles. The van der Waals surface area contributed by atoms with Gasteiger partial charge in [0, 0.05) is 45.5 Å². The van der Waals surface area contributed by atoms with Gasteiger partial charge in [0.05, 0.1) is 16.6 Å². The highest BCUT2D eigenvalue weighted by molar-refractivity contribution is 6.36. The molecule has 0 unspecified atom stereocenters. The molecule has 0 spiro atoms. The zero-order valence-corrected chi connectivity index (χ0v) is 15.4. The smallest absolute Gasteiger partial charge is 0.236 e. The van der Waals surface area contributed by atoms with Crippen molar-refractivity contribution in [1.82, 2.24) is 14.8 Å². The third-order valence-corrected chi connectivity index (χ3v) is 5.26. The number of anilines is 1. The van der Waals surface area contributed by atoms with E-state index in [4.69, 9.17) is 23.2 Å². The molecule has 0 radical (unpaired) electrons. The fourth-order valence-corrected chi connectivity index (χ4v) is 3.87. The van der Waals surface area contributed by atoms with E-state index in [9.17, 15) is 4.79 Å². The van der Waals surface area contributed by atoms with Crippen molar-refractivity contribution in [3.05, 3.63) is 22.3 Å². The summed E-state index contributed by atoms with van der Waals surface area (Å²) in [6, 6.07) is 1.72. The summed E-state index contributed by atoms with van der Waals surface area (Å²) in [5.41, 5.74) is 0. The molecule has 1 amide bonds. The predicted molar refractivity (Wildman–Crippen MR) is 98.0 cm³/mol. The quantitative estimate of drug-likeness (QED) is 0.819. The Morgan fingerprint density at radius 2 is 1.67 bits per heavy atom. The Morgan fingerprint density at radius 3 is 2.29 bits per heavy atom. The van der Waals surface area contributed by atoms with Gasteiger partial charge in [-0.15, -0.1) is 0 Å². The van der Waals surface area contributed by atoms with Gasteiger partial charge in [0.1, 0.15) is 5.82 Å². The SMILES string of the molecule is O=C(CN1CCN(c2ncc(Cl)cc2Cl)CC1)N1CCCCCC1. The van der Waals surface area contributed by atoms with Crippen LogP contribution in [0.1, 0.15) is 25.7 Å². The highest BCUT2D eigenvalue weighted by Crippen LogP contribution is 2.26. The van der Waals surface area contributed by atoms with E-state index in [0.717, 1.165) is 57.9 Å². The van der Waals surface area contributed by atoms with E-state index in [1.807, 2.05) is 4.90 Å². The number of aromatic nitrogens is 1. The maximum Gasteiger partial charge on any atom is 0.236 e. The summed E-state index contributed by atoms with van der Waals surface area (Å²) in [4.78, 5) is 23.3. The van der Waals surface area contributed by atoms with Crippen molar-refractivity contribution in [2.24, 2.45) is 0 Å². The normalized spacial score (nSPS) is 20.1. The lowest BCUT2D eigenvalue weighted by molar-refractivity contribution is -0.132. The van der Waals surface area contributed by atoms with Crippen molar-refractivity contribution in [3.8, 4) is 0 Å². The van der Waals surface area contributed by atoms with Crippen LogP contribution in [0.5, 0.6) is 0 Å². The van der Waals surface area contributed by atoms with E-state index in [1.54, 1.807) is 12.3 Å². The van der Waals surface area contributed by atoms with Crippen LogP contribution >= 0.6 is 23.2 Å². The van der Waals surface area contributed by atoms with Crippen molar-refractivity contribution in [1.29, 1.82) is 0 Å². The molecule has 5 nitrogen and oxygen atoms in total. The Labute approximate surface area is 153 Å². The van der Waals surface area contributed by atoms with E-state index < -0.39 is 0 Å². The van der Waals surface area contributed by atoms with Crippen LogP contribution < -0.4 is 4.90 Å². The molecule has 132 valence electrons. The van der Waals surface area contributed by atoms with Gasteiger partial charge in [-0.1, -0.05) is 36.0 Å². The average molecular weight is 371 g/mol. The standard InChI is InChI=1S/C17H24Cl2N4O/c18-14-11-15(19)17(20-12-14)23-9-7-21(8-10-23)13-16(24)22-5-3-1-2-4-6-22/h11-12H,1-10,13H2. The summed E-state index contributed by atoms with van der Waals surface area (Å²) in [6.45, 7) is 5.70. The Morgan fingerprint density at radius 1 is 1.00 bits per heavy atom. The summed E-state index contributed by atoms with van der Waals surface area (Å²) >= 11 is 12.1. The molecule has 0 saturated carbocycles. The maximum atomic E-state index is 12.5. The summed E-state index contributed by atoms with van der Waals surface area (Å²) in [5.74, 6) is 1.05. The lowest BCUT2D eigenvalue weighted by atomic mass is 10.2. The summed E-state index contributed by atoms with van der Waals surface area (Å²) < 4.78 is 0. The molecule has 0 bridgehead atoms. The van der Waals surface area contributed by atoms with Gasteiger partial charge in [-0.05, 0) is 18.9 Å². The van der Waals surface area contributed by atoms with Crippen LogP contribution in [0.15, 0.2) is 12.3 Å². The van der Waals surface area contributed by atoms with E-state index in [1.165, 1.54) is 12.8 Å². The van der Waals surface area contributed by atoms with Crippen molar-refractivity contribution in [2.45, 2.75) is 25.7 Å². The zero-order chi connectivity index (χ0) is 16.9. The number of halogens is 2. The van der Waals surface area contributed by atoms with Crippen LogP contribution in [0, 0.1) is 0 Å². The minimum absolute atomic E-state index is 0.271. The molecule has 2 aliphatic heterocycles. The van der Waals surface area contributed by atoms with Crippen molar-refractivity contribution in [2.75, 3.05) is 50.7 Å². The third kappa shape index (κ3) is 4.52. The van der Waals surface area contributed by atoms with Gasteiger partial charge >= 0.3 is 0 Å². The summed E-state index contributed by atoms with van der Waals surface area (Å²) in [5, 5.41) is 1.13. The number of hydrogen-bond donors (Lipinski definition) is 0. The van der Waals surface area contributed by atoms with Crippen LogP contribution in [0.4, 0.5) is 5.82 Å². The van der Waals surface area contributed by atoms with Gasteiger partial charge in [0.25, 0.3) is 0 Å². The number of rotatable bonds is 3. The molecule has 24 heavy (non-hydrogen) atoms. The molecule has 7 heteroatoms. The van der Waals surface area contributed by atoms with E-state index in [0.29, 0.717) is 16.6 Å². The molecule has 0 N–H and O–H groups in total. The summed E-state index contributed by atoms with van der Waals surface area (Å²) in [7, 11) is 0. The van der Waals surface area contributed by atoms with Gasteiger partial charge in [-0.3, -0.25) is 9.69 Å². The fraction of sp³-hybridized carbons (Fsp3) is 0.647. The van der Waals surface area contributed by atoms with Crippen molar-refractivity contribution >= 4 is 34.9 Å². The monoisotopic (exact) mass is 370 g/mol. The third-order valence-electron chi connectivity index (χ3n) is 4.78. The molecule has 2 aliphatic rings. The first-order valence-electron chi connectivity index (χ1n) is 8.69. The molecule has 2 fully saturated rings. The number of carbonyl (C=O) groups excluding carboxylic acids is 1. The number of nitrogens with zero attached hydrogens (tertiary/aromatic N) is 4. The molecular weight excluding hydrogens is 347 g/mol. The fourth-order valence-electron chi connectivity index (χ4n) is 3.37. The van der Waals surface area contributed by atoms with Gasteiger partial charge in [-0.2, -0.15) is 0 Å². The largest absolute Gasteiger partial charge is 0.353 e. The number of piperazine rings is 1. The first kappa shape index (κ1) is 17.8. The highest BCUT2D eigenvalue weighted by atomic mass is 35.5. The second-order valence-electron chi connectivity index (χ2n) is 6.52. The summed E-state index contributed by atoms with van der Waals surface area (Å²) in [6.07, 6.45) is 6.40. The molecule has 0 atom stereocenters. The molecule has 0 aromatic carbocycles. The second kappa shape index (κ2) is 8.37. The van der Waals surface area contributed by atoms with Gasteiger partial charge in [0.2, 0.25) is 5.91 Å². The lowest BCUT2D eigenvalue weighted by Gasteiger charge is -2.36. The van der Waals surface area contributed by atoms with Crippen LogP contribution in [0.3, 0.4) is 0 Å². The van der Waals surface area contributed by atoms with Gasteiger partial charge in [-0.25, -0.2) is 4.98 Å². The Balaban J connectivity index is 1.50. The predicted octanol–water partition coefficient (Wildman–Crippen LogP) is 2.91. The highest BCUT2D eigenvalue weighted by Gasteiger charge is 2.23. The average Bonchev–Trinajstić information content (AvgIpc) is 2.85. The van der Waals surface area contributed by atoms with E-state index >= 15 is 0 Å². The van der Waals surface area contributed by atoms with Crippen LogP contribution in [0.2, 0.25) is 10.0 Å². The van der Waals surface area contributed by atoms with Gasteiger partial charge in [0.15, 0.2) is 0 Å². The minimum Gasteiger partial charge on any atom is -0.353 e. The molecule has 1 aromatic heterocycles. The van der Waals surface area contributed by atoms with Crippen LogP contribution in [0.25, 0.3) is 0 Å². The van der Waals surface area contributed by atoms with Crippen molar-refractivity contribution in [3.63, 3.8) is 0 Å². The zero-order valence-electron chi connectivity index (χ0n) is 13.9. The second-order valence-corrected chi connectivity index (χ2v) is 7.36. The number of pyridine rings is 1. The Bertz CT molecular complexity index is 568. The first-order valence-corrected chi connectivity index (χ1v) is 9.45. The number of carbonyl (C=O) groups is 1. The first-order chi connectivity index (χ1) is 11.6. The Kier molecular flexibility index (Phi) is 6.19. The van der Waals surface area contributed by atoms with Crippen LogP contribution in [-0.2, 0) is 4.79 Å². The number of amides is 1. The maximum absolute atomic E-state index is 12.5. The Hall–Kier alpha value is -1.04. The minimum atomic E-state index is 0.271. The van der Waals surface area contributed by atoms with Crippen molar-refractivity contribution < 1.29 is 4.79 Å². The number of hydrogen-bond acceptors (Lipinski definition) is 4. The van der Waals surface area contributed by atoms with Gasteiger partial charge < -0.3 is 9.80 Å². The molecule has 0 aliphatic carbocycles. The van der Waals surface area contributed by atoms with Crippen LogP contribution in [-0.4, -0.2) is 66.5 Å². The topological polar surface area (TPSA) is 39.7 Å². The van der Waals surface area contributed by atoms with E-state index in [2.05, 4.69) is 14.8 Å². The molecule has 3 rings (SSSR count). The van der Waals surface area contributed by atoms with E-state index in [-0.39, 0.29) is 5.91 Å². The lowest BCUT2D eigenvalue weighted by Crippen LogP contribution is -2.50. The number of likely N-dealkylation sites (tertiary alicyclic amines) is 1. The molecule has 1 aromatic rings. The molecular formula is C17H24Cl2N4O.